The zero-order chi connectivity index (χ0) is 13.2. The van der Waals surface area contributed by atoms with E-state index in [9.17, 15) is 8.42 Å². The van der Waals surface area contributed by atoms with Gasteiger partial charge in [-0.15, -0.1) is 0 Å². The number of ether oxygens (including phenoxy) is 1. The zero-order valence-corrected chi connectivity index (χ0v) is 11.0. The van der Waals surface area contributed by atoms with Gasteiger partial charge in [0.05, 0.1) is 18.1 Å². The van der Waals surface area contributed by atoms with E-state index in [1.165, 1.54) is 4.31 Å². The van der Waals surface area contributed by atoms with Gasteiger partial charge in [0.1, 0.15) is 0 Å². The summed E-state index contributed by atoms with van der Waals surface area (Å²) in [5, 5.41) is 0. The van der Waals surface area contributed by atoms with Crippen molar-refractivity contribution >= 4 is 15.7 Å². The summed E-state index contributed by atoms with van der Waals surface area (Å²) < 4.78 is 31.6. The van der Waals surface area contributed by atoms with Crippen molar-refractivity contribution < 1.29 is 13.2 Å². The maximum Gasteiger partial charge on any atom is 0.243 e. The molecule has 2 rings (SSSR count). The van der Waals surface area contributed by atoms with Gasteiger partial charge in [0, 0.05) is 18.3 Å². The summed E-state index contributed by atoms with van der Waals surface area (Å²) in [4.78, 5) is 0.273. The molecule has 1 aliphatic rings. The molecule has 0 aromatic heterocycles. The maximum atomic E-state index is 12.4. The Morgan fingerprint density at radius 3 is 2.61 bits per heavy atom. The number of hydrazine groups is 1. The largest absolute Gasteiger partial charge is 0.378 e. The highest BCUT2D eigenvalue weighted by atomic mass is 32.2. The fraction of sp³-hybridized carbons (Fsp3) is 0.455. The summed E-state index contributed by atoms with van der Waals surface area (Å²) in [5.74, 6) is 5.25. The quantitative estimate of drug-likeness (QED) is 0.613. The first kappa shape index (κ1) is 13.3. The van der Waals surface area contributed by atoms with Gasteiger partial charge in [0.2, 0.25) is 10.0 Å². The molecule has 0 spiro atoms. The summed E-state index contributed by atoms with van der Waals surface area (Å²) in [5.41, 5.74) is 3.14. The van der Waals surface area contributed by atoms with Crippen LogP contribution in [0, 0.1) is 0 Å². The minimum atomic E-state index is -3.45. The number of nitrogens with two attached hydrogens (primary N) is 1. The number of morpholine rings is 1. The van der Waals surface area contributed by atoms with Crippen LogP contribution in [0.5, 0.6) is 0 Å². The van der Waals surface area contributed by atoms with E-state index in [0.717, 1.165) is 0 Å². The van der Waals surface area contributed by atoms with Crippen molar-refractivity contribution in [3.63, 3.8) is 0 Å². The van der Waals surface area contributed by atoms with Crippen LogP contribution in [-0.2, 0) is 14.8 Å². The highest BCUT2D eigenvalue weighted by molar-refractivity contribution is 7.89. The average molecular weight is 271 g/mol. The van der Waals surface area contributed by atoms with E-state index in [-0.39, 0.29) is 10.9 Å². The number of rotatable bonds is 3. The third kappa shape index (κ3) is 2.49. The second-order valence-corrected chi connectivity index (χ2v) is 6.10. The Balaban J connectivity index is 2.28. The van der Waals surface area contributed by atoms with Crippen LogP contribution in [0.2, 0.25) is 0 Å². The molecule has 1 aliphatic heterocycles. The highest BCUT2D eigenvalue weighted by Crippen LogP contribution is 2.21. The van der Waals surface area contributed by atoms with E-state index in [4.69, 9.17) is 10.6 Å². The van der Waals surface area contributed by atoms with Gasteiger partial charge in [0.25, 0.3) is 0 Å². The van der Waals surface area contributed by atoms with Gasteiger partial charge in [-0.2, -0.15) is 4.31 Å². The Hall–Kier alpha value is -1.15. The van der Waals surface area contributed by atoms with Gasteiger partial charge in [-0.05, 0) is 31.2 Å². The standard InChI is InChI=1S/C11H17N3O3S/c1-9-8-17-7-6-14(9)18(15,16)11-4-2-10(13-12)3-5-11/h2-5,9,13H,6-8,12H2,1H3. The smallest absolute Gasteiger partial charge is 0.243 e. The molecular weight excluding hydrogens is 254 g/mol. The number of hydrogen-bond acceptors (Lipinski definition) is 5. The minimum Gasteiger partial charge on any atom is -0.378 e. The Bertz CT molecular complexity index is 501. The lowest BCUT2D eigenvalue weighted by Crippen LogP contribution is -2.46. The molecule has 0 radical (unpaired) electrons. The summed E-state index contributed by atoms with van der Waals surface area (Å²) >= 11 is 0. The van der Waals surface area contributed by atoms with Crippen molar-refractivity contribution in [2.75, 3.05) is 25.2 Å². The van der Waals surface area contributed by atoms with Crippen molar-refractivity contribution in [3.8, 4) is 0 Å². The van der Waals surface area contributed by atoms with Gasteiger partial charge in [-0.3, -0.25) is 5.84 Å². The molecule has 100 valence electrons. The van der Waals surface area contributed by atoms with E-state index < -0.39 is 10.0 Å². The first-order chi connectivity index (χ1) is 8.55. The Morgan fingerprint density at radius 2 is 2.06 bits per heavy atom. The molecule has 0 amide bonds. The van der Waals surface area contributed by atoms with Crippen LogP contribution in [0.4, 0.5) is 5.69 Å². The predicted octanol–water partition coefficient (Wildman–Crippen LogP) is 0.382. The predicted molar refractivity (Wildman–Crippen MR) is 68.4 cm³/mol. The summed E-state index contributed by atoms with van der Waals surface area (Å²) in [7, 11) is -3.45. The molecule has 0 aliphatic carbocycles. The first-order valence-corrected chi connectivity index (χ1v) is 7.16. The van der Waals surface area contributed by atoms with Crippen molar-refractivity contribution in [1.82, 2.24) is 4.31 Å². The summed E-state index contributed by atoms with van der Waals surface area (Å²) in [6, 6.07) is 6.23. The third-order valence-corrected chi connectivity index (χ3v) is 4.96. The van der Waals surface area contributed by atoms with E-state index >= 15 is 0 Å². The molecule has 1 aromatic rings. The zero-order valence-electron chi connectivity index (χ0n) is 10.2. The summed E-state index contributed by atoms with van der Waals surface area (Å²) in [6.45, 7) is 3.10. The lowest BCUT2D eigenvalue weighted by Gasteiger charge is -2.32. The van der Waals surface area contributed by atoms with Crippen LogP contribution < -0.4 is 11.3 Å². The number of nitrogens with one attached hydrogen (secondary N) is 1. The topological polar surface area (TPSA) is 84.7 Å². The van der Waals surface area contributed by atoms with E-state index in [1.54, 1.807) is 24.3 Å². The van der Waals surface area contributed by atoms with Gasteiger partial charge in [-0.25, -0.2) is 8.42 Å². The van der Waals surface area contributed by atoms with E-state index in [2.05, 4.69) is 5.43 Å². The van der Waals surface area contributed by atoms with E-state index in [1.807, 2.05) is 6.92 Å². The minimum absolute atomic E-state index is 0.143. The number of nitrogen functional groups attached to an aromatic ring is 1. The molecule has 1 saturated heterocycles. The second-order valence-electron chi connectivity index (χ2n) is 4.21. The summed E-state index contributed by atoms with van der Waals surface area (Å²) in [6.07, 6.45) is 0. The van der Waals surface area contributed by atoms with E-state index in [0.29, 0.717) is 25.4 Å². The van der Waals surface area contributed by atoms with Gasteiger partial charge >= 0.3 is 0 Å². The average Bonchev–Trinajstić information content (AvgIpc) is 2.39. The number of hydrogen-bond donors (Lipinski definition) is 2. The lowest BCUT2D eigenvalue weighted by atomic mass is 10.3. The first-order valence-electron chi connectivity index (χ1n) is 5.72. The normalized spacial score (nSPS) is 21.8. The molecule has 1 heterocycles. The molecular formula is C11H17N3O3S. The van der Waals surface area contributed by atoms with Gasteiger partial charge < -0.3 is 10.2 Å². The van der Waals surface area contributed by atoms with Crippen LogP contribution in [0.25, 0.3) is 0 Å². The molecule has 1 unspecified atom stereocenters. The van der Waals surface area contributed by atoms with Crippen LogP contribution in [-0.4, -0.2) is 38.5 Å². The molecule has 6 nitrogen and oxygen atoms in total. The van der Waals surface area contributed by atoms with Crippen LogP contribution in [0.3, 0.4) is 0 Å². The van der Waals surface area contributed by atoms with Crippen molar-refractivity contribution in [3.05, 3.63) is 24.3 Å². The number of sulfonamides is 1. The number of benzene rings is 1. The van der Waals surface area contributed by atoms with Crippen LogP contribution in [0.1, 0.15) is 6.92 Å². The number of anilines is 1. The van der Waals surface area contributed by atoms with Crippen molar-refractivity contribution in [2.45, 2.75) is 17.9 Å². The second kappa shape index (κ2) is 5.23. The Kier molecular flexibility index (Phi) is 3.86. The van der Waals surface area contributed by atoms with Crippen LogP contribution in [0.15, 0.2) is 29.2 Å². The maximum absolute atomic E-state index is 12.4. The monoisotopic (exact) mass is 271 g/mol. The molecule has 1 atom stereocenters. The lowest BCUT2D eigenvalue weighted by molar-refractivity contribution is 0.0393. The Labute approximate surface area is 107 Å². The fourth-order valence-electron chi connectivity index (χ4n) is 1.93. The highest BCUT2D eigenvalue weighted by Gasteiger charge is 2.31. The molecule has 0 saturated carbocycles. The fourth-order valence-corrected chi connectivity index (χ4v) is 3.53. The third-order valence-electron chi connectivity index (χ3n) is 2.93. The van der Waals surface area contributed by atoms with Crippen LogP contribution >= 0.6 is 0 Å². The van der Waals surface area contributed by atoms with Crippen molar-refractivity contribution in [2.24, 2.45) is 5.84 Å². The molecule has 18 heavy (non-hydrogen) atoms. The molecule has 1 aromatic carbocycles. The molecule has 1 fully saturated rings. The van der Waals surface area contributed by atoms with Gasteiger partial charge in [-0.1, -0.05) is 0 Å². The SMILES string of the molecule is CC1COCCN1S(=O)(=O)c1ccc(NN)cc1. The van der Waals surface area contributed by atoms with Crippen molar-refractivity contribution in [1.29, 1.82) is 0 Å². The molecule has 0 bridgehead atoms. The Morgan fingerprint density at radius 1 is 1.39 bits per heavy atom. The van der Waals surface area contributed by atoms with Gasteiger partial charge in [0.15, 0.2) is 0 Å². The number of nitrogens with zero attached hydrogens (tertiary/aromatic N) is 1. The molecule has 3 N–H and O–H groups in total. The molecule has 7 heteroatoms.